The van der Waals surface area contributed by atoms with Crippen molar-refractivity contribution in [2.45, 2.75) is 85.8 Å². The molecule has 41 heavy (non-hydrogen) atoms. The van der Waals surface area contributed by atoms with Crippen molar-refractivity contribution in [3.05, 3.63) is 40.5 Å². The highest BCUT2D eigenvalue weighted by atomic mass is 35.5. The monoisotopic (exact) mass is 622 g/mol. The van der Waals surface area contributed by atoms with Gasteiger partial charge >= 0.3 is 6.09 Å². The molecule has 1 aromatic carbocycles. The number of hydrogen-bond donors (Lipinski definition) is 2. The van der Waals surface area contributed by atoms with Crippen LogP contribution in [0.15, 0.2) is 30.5 Å². The van der Waals surface area contributed by atoms with Crippen molar-refractivity contribution in [1.29, 1.82) is 0 Å². The molecule has 0 bridgehead atoms. The fraction of sp³-hybridized carbons (Fsp3) is 0.500. The van der Waals surface area contributed by atoms with Crippen molar-refractivity contribution >= 4 is 50.7 Å². The maximum atomic E-state index is 12.8. The third kappa shape index (κ3) is 8.52. The van der Waals surface area contributed by atoms with Crippen LogP contribution in [0.3, 0.4) is 0 Å². The van der Waals surface area contributed by atoms with Crippen LogP contribution in [0.1, 0.15) is 73.7 Å². The Balaban J connectivity index is 2.09. The highest BCUT2D eigenvalue weighted by Gasteiger charge is 2.28. The van der Waals surface area contributed by atoms with Crippen LogP contribution in [0.25, 0.3) is 21.8 Å². The van der Waals surface area contributed by atoms with Gasteiger partial charge in [-0.05, 0) is 53.2 Å². The number of rotatable bonds is 9. The molecule has 0 saturated carbocycles. The SMILES string of the molecule is CCCS(=O)(=O)Nc1cccc(-c2nc(C(C)(C)C)sc2-c2ccnc(NN(C(=O)OC(C)(C)C)C(C)C)n2)c1Cl. The summed E-state index contributed by atoms with van der Waals surface area (Å²) in [6, 6.07) is 6.66. The number of thiazole rings is 1. The van der Waals surface area contributed by atoms with Gasteiger partial charge in [-0.1, -0.05) is 51.4 Å². The summed E-state index contributed by atoms with van der Waals surface area (Å²) in [5, 5.41) is 2.42. The lowest BCUT2D eigenvalue weighted by molar-refractivity contribution is 0.0244. The maximum absolute atomic E-state index is 12.8. The summed E-state index contributed by atoms with van der Waals surface area (Å²) in [6.07, 6.45) is 1.52. The molecule has 10 nitrogen and oxygen atoms in total. The van der Waals surface area contributed by atoms with Gasteiger partial charge in [-0.15, -0.1) is 11.3 Å². The van der Waals surface area contributed by atoms with E-state index in [4.69, 9.17) is 26.3 Å². The summed E-state index contributed by atoms with van der Waals surface area (Å²) in [4.78, 5) is 27.5. The third-order valence-corrected chi connectivity index (χ3v) is 8.86. The van der Waals surface area contributed by atoms with Crippen molar-refractivity contribution in [1.82, 2.24) is 20.0 Å². The number of amides is 1. The molecular formula is C28H39ClN6O4S2. The zero-order valence-corrected chi connectivity index (χ0v) is 27.4. The minimum absolute atomic E-state index is 0.0168. The first-order valence-electron chi connectivity index (χ1n) is 13.3. The number of halogens is 1. The predicted octanol–water partition coefficient (Wildman–Crippen LogP) is 7.34. The van der Waals surface area contributed by atoms with E-state index in [-0.39, 0.29) is 33.9 Å². The van der Waals surface area contributed by atoms with Crippen LogP contribution in [-0.2, 0) is 20.2 Å². The van der Waals surface area contributed by atoms with Crippen molar-refractivity contribution in [3.8, 4) is 21.8 Å². The lowest BCUT2D eigenvalue weighted by Gasteiger charge is -2.30. The second kappa shape index (κ2) is 12.5. The Hall–Kier alpha value is -2.96. The summed E-state index contributed by atoms with van der Waals surface area (Å²) in [7, 11) is -3.55. The van der Waals surface area contributed by atoms with Gasteiger partial charge in [0.05, 0.1) is 43.8 Å². The minimum Gasteiger partial charge on any atom is -0.442 e. The topological polar surface area (TPSA) is 126 Å². The number of nitrogens with zero attached hydrogens (tertiary/aromatic N) is 4. The van der Waals surface area contributed by atoms with Gasteiger partial charge in [0.2, 0.25) is 16.0 Å². The van der Waals surface area contributed by atoms with E-state index in [1.165, 1.54) is 16.3 Å². The van der Waals surface area contributed by atoms with Crippen molar-refractivity contribution in [2.24, 2.45) is 0 Å². The van der Waals surface area contributed by atoms with Gasteiger partial charge in [0, 0.05) is 17.2 Å². The van der Waals surface area contributed by atoms with Crippen LogP contribution in [0.4, 0.5) is 16.4 Å². The van der Waals surface area contributed by atoms with E-state index in [0.29, 0.717) is 23.4 Å². The number of carbonyl (C=O) groups is 1. The molecule has 0 fully saturated rings. The number of benzene rings is 1. The Bertz CT molecular complexity index is 1490. The zero-order valence-electron chi connectivity index (χ0n) is 25.0. The first-order chi connectivity index (χ1) is 18.9. The second-order valence-electron chi connectivity index (χ2n) is 11.9. The highest BCUT2D eigenvalue weighted by molar-refractivity contribution is 7.92. The fourth-order valence-electron chi connectivity index (χ4n) is 3.62. The average Bonchev–Trinajstić information content (AvgIpc) is 3.28. The molecule has 13 heteroatoms. The van der Waals surface area contributed by atoms with Crippen molar-refractivity contribution in [2.75, 3.05) is 15.9 Å². The quantitative estimate of drug-likeness (QED) is 0.237. The van der Waals surface area contributed by atoms with Gasteiger partial charge in [-0.3, -0.25) is 10.1 Å². The Morgan fingerprint density at radius 1 is 1.12 bits per heavy atom. The van der Waals surface area contributed by atoms with E-state index in [2.05, 4.69) is 35.9 Å². The Morgan fingerprint density at radius 2 is 1.80 bits per heavy atom. The zero-order chi connectivity index (χ0) is 30.8. The average molecular weight is 623 g/mol. The molecule has 3 aromatic rings. The van der Waals surface area contributed by atoms with Crippen LogP contribution < -0.4 is 10.1 Å². The first kappa shape index (κ1) is 32.6. The number of sulfonamides is 1. The number of aromatic nitrogens is 3. The lowest BCUT2D eigenvalue weighted by atomic mass is 9.98. The fourth-order valence-corrected chi connectivity index (χ4v) is 6.19. The molecule has 1 amide bonds. The van der Waals surface area contributed by atoms with Crippen LogP contribution in [0.2, 0.25) is 5.02 Å². The molecule has 224 valence electrons. The van der Waals surface area contributed by atoms with E-state index in [0.717, 1.165) is 9.88 Å². The summed E-state index contributed by atoms with van der Waals surface area (Å²) >= 11 is 8.26. The molecule has 0 saturated heterocycles. The van der Waals surface area contributed by atoms with Gasteiger partial charge in [0.1, 0.15) is 5.60 Å². The van der Waals surface area contributed by atoms with Crippen molar-refractivity contribution in [3.63, 3.8) is 0 Å². The smallest absolute Gasteiger partial charge is 0.429 e. The summed E-state index contributed by atoms with van der Waals surface area (Å²) in [5.41, 5.74) is 4.01. The molecule has 2 heterocycles. The highest BCUT2D eigenvalue weighted by Crippen LogP contribution is 2.44. The first-order valence-corrected chi connectivity index (χ1v) is 16.2. The molecule has 0 unspecified atom stereocenters. The molecule has 2 aromatic heterocycles. The maximum Gasteiger partial charge on any atom is 0.429 e. The molecular weight excluding hydrogens is 584 g/mol. The summed E-state index contributed by atoms with van der Waals surface area (Å²) in [5.74, 6) is 0.183. The standard InChI is InChI=1S/C28H39ClN6O4S2/c1-10-16-41(37,38)34-19-13-11-12-18(21(19)29)22-23(40-24(32-22)27(4,5)6)20-14-15-30-25(31-20)33-35(17(2)3)26(36)39-28(7,8)9/h11-15,17,34H,10,16H2,1-9H3,(H,30,31,33). The van der Waals surface area contributed by atoms with Crippen LogP contribution in [-0.4, -0.2) is 51.9 Å². The Labute approximate surface area is 251 Å². The summed E-state index contributed by atoms with van der Waals surface area (Å²) < 4.78 is 33.1. The van der Waals surface area contributed by atoms with Gasteiger partial charge in [-0.2, -0.15) is 0 Å². The number of carbonyl (C=O) groups excluding carboxylic acids is 1. The molecule has 0 aliphatic rings. The van der Waals surface area contributed by atoms with E-state index >= 15 is 0 Å². The largest absolute Gasteiger partial charge is 0.442 e. The third-order valence-electron chi connectivity index (χ3n) is 5.48. The minimum atomic E-state index is -3.55. The van der Waals surface area contributed by atoms with Gasteiger partial charge in [0.25, 0.3) is 0 Å². The Morgan fingerprint density at radius 3 is 2.39 bits per heavy atom. The molecule has 0 aliphatic heterocycles. The molecule has 0 spiro atoms. The summed E-state index contributed by atoms with van der Waals surface area (Å²) in [6.45, 7) is 17.1. The van der Waals surface area contributed by atoms with Gasteiger partial charge in [-0.25, -0.2) is 33.2 Å². The van der Waals surface area contributed by atoms with Gasteiger partial charge in [0.15, 0.2) is 0 Å². The van der Waals surface area contributed by atoms with Crippen LogP contribution in [0, 0.1) is 0 Å². The van der Waals surface area contributed by atoms with Gasteiger partial charge < -0.3 is 4.74 Å². The number of ether oxygens (including phenoxy) is 1. The van der Waals surface area contributed by atoms with E-state index in [1.54, 1.807) is 58.2 Å². The van der Waals surface area contributed by atoms with E-state index < -0.39 is 21.7 Å². The van der Waals surface area contributed by atoms with Crippen molar-refractivity contribution < 1.29 is 17.9 Å². The molecule has 0 atom stereocenters. The molecule has 0 radical (unpaired) electrons. The molecule has 3 rings (SSSR count). The second-order valence-corrected chi connectivity index (χ2v) is 15.1. The number of hydrogen-bond acceptors (Lipinski definition) is 9. The van der Waals surface area contributed by atoms with E-state index in [1.807, 2.05) is 13.8 Å². The predicted molar refractivity (Wildman–Crippen MR) is 167 cm³/mol. The molecule has 0 aliphatic carbocycles. The number of anilines is 2. The Kier molecular flexibility index (Phi) is 9.92. The van der Waals surface area contributed by atoms with Crippen LogP contribution >= 0.6 is 22.9 Å². The number of nitrogens with one attached hydrogen (secondary N) is 2. The molecule has 2 N–H and O–H groups in total. The van der Waals surface area contributed by atoms with E-state index in [9.17, 15) is 13.2 Å². The van der Waals surface area contributed by atoms with Crippen LogP contribution in [0.5, 0.6) is 0 Å². The number of hydrazine groups is 1. The lowest BCUT2D eigenvalue weighted by Crippen LogP contribution is -2.44. The normalized spacial score (nSPS) is 12.4.